The molecule has 1 saturated heterocycles. The van der Waals surface area contributed by atoms with Crippen LogP contribution in [-0.2, 0) is 0 Å². The molecular weight excluding hydrogens is 264 g/mol. The van der Waals surface area contributed by atoms with E-state index >= 15 is 0 Å². The van der Waals surface area contributed by atoms with Gasteiger partial charge in [-0.15, -0.1) is 11.3 Å². The molecule has 0 spiro atoms. The van der Waals surface area contributed by atoms with Crippen molar-refractivity contribution in [3.8, 4) is 0 Å². The summed E-state index contributed by atoms with van der Waals surface area (Å²) in [5.74, 6) is 0.909. The zero-order valence-corrected chi connectivity index (χ0v) is 12.9. The van der Waals surface area contributed by atoms with Crippen LogP contribution in [0.15, 0.2) is 11.4 Å². The van der Waals surface area contributed by atoms with E-state index in [0.29, 0.717) is 6.04 Å². The molecule has 1 unspecified atom stereocenters. The monoisotopic (exact) mass is 286 g/mol. The Morgan fingerprint density at radius 1 is 1.50 bits per heavy atom. The van der Waals surface area contributed by atoms with Crippen LogP contribution < -0.4 is 5.32 Å². The summed E-state index contributed by atoms with van der Waals surface area (Å²) in [6, 6.07) is 2.63. The van der Waals surface area contributed by atoms with Crippen molar-refractivity contribution in [3.05, 3.63) is 21.3 Å². The topological polar surface area (TPSA) is 15.3 Å². The number of nitrogens with zero attached hydrogens (tertiary/aromatic N) is 1. The first-order chi connectivity index (χ1) is 8.70. The van der Waals surface area contributed by atoms with E-state index in [1.165, 1.54) is 37.9 Å². The highest BCUT2D eigenvalue weighted by Gasteiger charge is 2.23. The molecule has 102 valence electrons. The summed E-state index contributed by atoms with van der Waals surface area (Å²) in [7, 11) is 2.04. The van der Waals surface area contributed by atoms with Crippen molar-refractivity contribution in [2.75, 3.05) is 26.7 Å². The molecule has 2 nitrogen and oxygen atoms in total. The molecule has 1 fully saturated rings. The molecular formula is C14H23ClN2S. The van der Waals surface area contributed by atoms with E-state index in [2.05, 4.69) is 28.6 Å². The summed E-state index contributed by atoms with van der Waals surface area (Å²) in [5.41, 5.74) is 1.37. The van der Waals surface area contributed by atoms with Crippen LogP contribution in [0.3, 0.4) is 0 Å². The zero-order valence-electron chi connectivity index (χ0n) is 11.3. The van der Waals surface area contributed by atoms with E-state index < -0.39 is 0 Å². The van der Waals surface area contributed by atoms with Gasteiger partial charge in [-0.1, -0.05) is 11.6 Å². The third-order valence-electron chi connectivity index (χ3n) is 4.07. The molecule has 1 N–H and O–H groups in total. The Balaban J connectivity index is 1.82. The summed E-state index contributed by atoms with van der Waals surface area (Å²) in [6.07, 6.45) is 4.00. The van der Waals surface area contributed by atoms with Gasteiger partial charge in [0.2, 0.25) is 0 Å². The van der Waals surface area contributed by atoms with E-state index in [4.69, 9.17) is 11.6 Å². The predicted molar refractivity (Wildman–Crippen MR) is 80.6 cm³/mol. The van der Waals surface area contributed by atoms with Crippen LogP contribution in [0.2, 0.25) is 4.34 Å². The van der Waals surface area contributed by atoms with E-state index in [0.717, 1.165) is 16.8 Å². The number of likely N-dealkylation sites (tertiary alicyclic amines) is 1. The number of hydrogen-bond donors (Lipinski definition) is 1. The van der Waals surface area contributed by atoms with Gasteiger partial charge in [0.05, 0.1) is 4.34 Å². The zero-order chi connectivity index (χ0) is 13.0. The van der Waals surface area contributed by atoms with Gasteiger partial charge in [0.25, 0.3) is 0 Å². The molecule has 1 aliphatic heterocycles. The van der Waals surface area contributed by atoms with Crippen LogP contribution in [-0.4, -0.2) is 31.6 Å². The van der Waals surface area contributed by atoms with Crippen molar-refractivity contribution in [1.82, 2.24) is 10.2 Å². The first kappa shape index (κ1) is 14.3. The summed E-state index contributed by atoms with van der Waals surface area (Å²) < 4.78 is 0.903. The van der Waals surface area contributed by atoms with Crippen molar-refractivity contribution in [2.24, 2.45) is 5.92 Å². The van der Waals surface area contributed by atoms with E-state index in [-0.39, 0.29) is 0 Å². The summed E-state index contributed by atoms with van der Waals surface area (Å²) in [5, 5.41) is 5.45. The van der Waals surface area contributed by atoms with E-state index in [9.17, 15) is 0 Å². The van der Waals surface area contributed by atoms with Gasteiger partial charge in [-0.3, -0.25) is 4.90 Å². The molecule has 0 saturated carbocycles. The van der Waals surface area contributed by atoms with Crippen LogP contribution in [0.5, 0.6) is 0 Å². The molecule has 0 amide bonds. The predicted octanol–water partition coefficient (Wildman–Crippen LogP) is 3.78. The molecule has 2 heterocycles. The van der Waals surface area contributed by atoms with Crippen LogP contribution in [0.1, 0.15) is 37.8 Å². The minimum atomic E-state index is 0.513. The van der Waals surface area contributed by atoms with Crippen LogP contribution in [0.25, 0.3) is 0 Å². The quantitative estimate of drug-likeness (QED) is 0.886. The molecule has 1 atom stereocenters. The average molecular weight is 287 g/mol. The first-order valence-corrected chi connectivity index (χ1v) is 8.09. The Labute approximate surface area is 119 Å². The molecule has 0 aromatic carbocycles. The lowest BCUT2D eigenvalue weighted by Gasteiger charge is -2.36. The van der Waals surface area contributed by atoms with E-state index in [1.807, 2.05) is 7.05 Å². The number of rotatable bonds is 5. The molecule has 0 aliphatic carbocycles. The second kappa shape index (κ2) is 6.90. The Bertz CT molecular complexity index is 358. The van der Waals surface area contributed by atoms with Crippen molar-refractivity contribution in [3.63, 3.8) is 0 Å². The molecule has 4 heteroatoms. The SMILES string of the molecule is CNCCC1CCN(C(C)c2csc(Cl)c2)CC1. The van der Waals surface area contributed by atoms with Gasteiger partial charge in [-0.25, -0.2) is 0 Å². The minimum Gasteiger partial charge on any atom is -0.320 e. The molecule has 0 bridgehead atoms. The lowest BCUT2D eigenvalue weighted by atomic mass is 9.92. The number of nitrogens with one attached hydrogen (secondary N) is 1. The number of halogens is 1. The van der Waals surface area contributed by atoms with Crippen LogP contribution in [0.4, 0.5) is 0 Å². The number of piperidine rings is 1. The highest BCUT2D eigenvalue weighted by molar-refractivity contribution is 7.14. The standard InChI is InChI=1S/C14H23ClN2S/c1-11(13-9-14(15)18-10-13)17-7-4-12(5-8-17)3-6-16-2/h9-12,16H,3-8H2,1-2H3. The second-order valence-electron chi connectivity index (χ2n) is 5.23. The lowest BCUT2D eigenvalue weighted by Crippen LogP contribution is -2.36. The highest BCUT2D eigenvalue weighted by Crippen LogP contribution is 2.31. The Morgan fingerprint density at radius 2 is 2.22 bits per heavy atom. The first-order valence-electron chi connectivity index (χ1n) is 6.83. The Morgan fingerprint density at radius 3 is 2.78 bits per heavy atom. The van der Waals surface area contributed by atoms with Gasteiger partial charge in [0.1, 0.15) is 0 Å². The molecule has 1 aromatic rings. The average Bonchev–Trinajstić information content (AvgIpc) is 2.83. The maximum atomic E-state index is 6.02. The molecule has 2 rings (SSSR count). The summed E-state index contributed by atoms with van der Waals surface area (Å²) in [6.45, 7) is 5.90. The number of thiophene rings is 1. The van der Waals surface area contributed by atoms with Crippen molar-refractivity contribution in [2.45, 2.75) is 32.2 Å². The largest absolute Gasteiger partial charge is 0.320 e. The third-order valence-corrected chi connectivity index (χ3v) is 5.18. The molecule has 18 heavy (non-hydrogen) atoms. The fourth-order valence-electron chi connectivity index (χ4n) is 2.73. The van der Waals surface area contributed by atoms with Gasteiger partial charge in [-0.2, -0.15) is 0 Å². The van der Waals surface area contributed by atoms with Crippen molar-refractivity contribution >= 4 is 22.9 Å². The second-order valence-corrected chi connectivity index (χ2v) is 6.77. The normalized spacial score (nSPS) is 20.2. The van der Waals surface area contributed by atoms with Gasteiger partial charge in [0, 0.05) is 6.04 Å². The van der Waals surface area contributed by atoms with Crippen molar-refractivity contribution < 1.29 is 0 Å². The summed E-state index contributed by atoms with van der Waals surface area (Å²) in [4.78, 5) is 2.59. The Hall–Kier alpha value is -0.0900. The fraction of sp³-hybridized carbons (Fsp3) is 0.714. The third kappa shape index (κ3) is 3.70. The van der Waals surface area contributed by atoms with Crippen LogP contribution >= 0.6 is 22.9 Å². The van der Waals surface area contributed by atoms with Crippen LogP contribution in [0, 0.1) is 5.92 Å². The van der Waals surface area contributed by atoms with Gasteiger partial charge >= 0.3 is 0 Å². The maximum Gasteiger partial charge on any atom is 0.0931 e. The van der Waals surface area contributed by atoms with Gasteiger partial charge in [0.15, 0.2) is 0 Å². The van der Waals surface area contributed by atoms with Gasteiger partial charge < -0.3 is 5.32 Å². The molecule has 0 radical (unpaired) electrons. The lowest BCUT2D eigenvalue weighted by molar-refractivity contribution is 0.138. The summed E-state index contributed by atoms with van der Waals surface area (Å²) >= 11 is 7.66. The van der Waals surface area contributed by atoms with E-state index in [1.54, 1.807) is 11.3 Å². The molecule has 1 aliphatic rings. The molecule has 1 aromatic heterocycles. The maximum absolute atomic E-state index is 6.02. The smallest absolute Gasteiger partial charge is 0.0931 e. The fourth-order valence-corrected chi connectivity index (χ4v) is 3.71. The highest BCUT2D eigenvalue weighted by atomic mass is 35.5. The minimum absolute atomic E-state index is 0.513. The Kier molecular flexibility index (Phi) is 5.49. The van der Waals surface area contributed by atoms with Gasteiger partial charge in [-0.05, 0) is 75.8 Å². The van der Waals surface area contributed by atoms with Crippen molar-refractivity contribution in [1.29, 1.82) is 0 Å². The number of hydrogen-bond acceptors (Lipinski definition) is 3.